The van der Waals surface area contributed by atoms with Gasteiger partial charge in [-0.15, -0.1) is 12.4 Å². The summed E-state index contributed by atoms with van der Waals surface area (Å²) < 4.78 is 13.2. The first-order chi connectivity index (χ1) is 7.72. The fourth-order valence-corrected chi connectivity index (χ4v) is 1.89. The Balaban J connectivity index is 0.00000144. The van der Waals surface area contributed by atoms with Crippen LogP contribution in [-0.4, -0.2) is 0 Å². The van der Waals surface area contributed by atoms with E-state index in [9.17, 15) is 4.39 Å². The lowest BCUT2D eigenvalue weighted by molar-refractivity contribution is 0.627. The summed E-state index contributed by atoms with van der Waals surface area (Å²) in [5, 5.41) is 0.600. The van der Waals surface area contributed by atoms with Crippen molar-refractivity contribution in [2.45, 2.75) is 6.54 Å². The highest BCUT2D eigenvalue weighted by Gasteiger charge is 2.08. The summed E-state index contributed by atoms with van der Waals surface area (Å²) in [6.45, 7) is 0.362. The summed E-state index contributed by atoms with van der Waals surface area (Å²) in [7, 11) is 0. The minimum Gasteiger partial charge on any atom is -0.326 e. The Morgan fingerprint density at radius 3 is 2.41 bits per heavy atom. The lowest BCUT2D eigenvalue weighted by Gasteiger charge is -2.09. The SMILES string of the molecule is Cl.NCc1ccc(F)cc1-c1ccccc1Cl. The first-order valence-electron chi connectivity index (χ1n) is 4.96. The summed E-state index contributed by atoms with van der Waals surface area (Å²) in [6, 6.07) is 11.9. The van der Waals surface area contributed by atoms with Crippen LogP contribution in [0.5, 0.6) is 0 Å². The van der Waals surface area contributed by atoms with Gasteiger partial charge in [-0.25, -0.2) is 4.39 Å². The number of hydrogen-bond acceptors (Lipinski definition) is 1. The quantitative estimate of drug-likeness (QED) is 0.877. The van der Waals surface area contributed by atoms with Crippen LogP contribution in [0, 0.1) is 5.82 Å². The maximum Gasteiger partial charge on any atom is 0.123 e. The summed E-state index contributed by atoms with van der Waals surface area (Å²) in [5.74, 6) is -0.285. The summed E-state index contributed by atoms with van der Waals surface area (Å²) >= 11 is 6.08. The highest BCUT2D eigenvalue weighted by molar-refractivity contribution is 6.33. The second kappa shape index (κ2) is 6.01. The molecule has 4 heteroatoms. The molecule has 0 aliphatic carbocycles. The molecule has 0 atom stereocenters. The fourth-order valence-electron chi connectivity index (χ4n) is 1.66. The normalized spacial score (nSPS) is 9.82. The molecule has 2 N–H and O–H groups in total. The molecule has 0 aromatic heterocycles. The standard InChI is InChI=1S/C13H11ClFN.ClH/c14-13-4-2-1-3-11(13)12-7-10(15)6-5-9(12)8-16;/h1-7H,8,16H2;1H. The Bertz CT molecular complexity index is 515. The van der Waals surface area contributed by atoms with Crippen molar-refractivity contribution in [2.75, 3.05) is 0 Å². The Labute approximate surface area is 111 Å². The topological polar surface area (TPSA) is 26.0 Å². The third-order valence-corrected chi connectivity index (χ3v) is 2.79. The monoisotopic (exact) mass is 271 g/mol. The summed E-state index contributed by atoms with van der Waals surface area (Å²) in [5.41, 5.74) is 8.07. The average molecular weight is 272 g/mol. The van der Waals surface area contributed by atoms with Crippen molar-refractivity contribution in [1.82, 2.24) is 0 Å². The molecule has 0 aliphatic heterocycles. The van der Waals surface area contributed by atoms with E-state index in [1.54, 1.807) is 12.1 Å². The molecule has 0 bridgehead atoms. The van der Waals surface area contributed by atoms with Gasteiger partial charge >= 0.3 is 0 Å². The Kier molecular flexibility index (Phi) is 4.94. The van der Waals surface area contributed by atoms with Crippen LogP contribution in [0.2, 0.25) is 5.02 Å². The van der Waals surface area contributed by atoms with Crippen LogP contribution < -0.4 is 5.73 Å². The van der Waals surface area contributed by atoms with Crippen LogP contribution in [0.4, 0.5) is 4.39 Å². The van der Waals surface area contributed by atoms with Gasteiger partial charge in [0.15, 0.2) is 0 Å². The van der Waals surface area contributed by atoms with Crippen LogP contribution >= 0.6 is 24.0 Å². The van der Waals surface area contributed by atoms with Crippen LogP contribution in [0.3, 0.4) is 0 Å². The lowest BCUT2D eigenvalue weighted by Crippen LogP contribution is -1.99. The van der Waals surface area contributed by atoms with Gasteiger partial charge in [0, 0.05) is 17.1 Å². The molecule has 0 saturated heterocycles. The molecular formula is C13H12Cl2FN. The predicted octanol–water partition coefficient (Wildman–Crippen LogP) is 4.03. The van der Waals surface area contributed by atoms with E-state index in [-0.39, 0.29) is 18.2 Å². The van der Waals surface area contributed by atoms with E-state index in [4.69, 9.17) is 17.3 Å². The molecule has 2 aromatic rings. The zero-order valence-corrected chi connectivity index (χ0v) is 10.6. The van der Waals surface area contributed by atoms with Gasteiger partial charge in [-0.3, -0.25) is 0 Å². The van der Waals surface area contributed by atoms with E-state index < -0.39 is 0 Å². The molecule has 90 valence electrons. The van der Waals surface area contributed by atoms with Gasteiger partial charge < -0.3 is 5.73 Å². The second-order valence-electron chi connectivity index (χ2n) is 3.49. The lowest BCUT2D eigenvalue weighted by atomic mass is 9.99. The van der Waals surface area contributed by atoms with Crippen LogP contribution in [-0.2, 0) is 6.54 Å². The number of halogens is 3. The van der Waals surface area contributed by atoms with E-state index in [1.165, 1.54) is 12.1 Å². The molecule has 0 radical (unpaired) electrons. The van der Waals surface area contributed by atoms with E-state index >= 15 is 0 Å². The zero-order chi connectivity index (χ0) is 11.5. The first-order valence-corrected chi connectivity index (χ1v) is 5.33. The van der Waals surface area contributed by atoms with E-state index in [0.717, 1.165) is 16.7 Å². The molecule has 0 amide bonds. The number of hydrogen-bond donors (Lipinski definition) is 1. The molecule has 0 aliphatic rings. The van der Waals surface area contributed by atoms with Crippen molar-refractivity contribution in [3.05, 3.63) is 58.9 Å². The molecule has 2 rings (SSSR count). The van der Waals surface area contributed by atoms with E-state index in [0.29, 0.717) is 11.6 Å². The van der Waals surface area contributed by atoms with Gasteiger partial charge in [0.25, 0.3) is 0 Å². The number of rotatable bonds is 2. The third kappa shape index (κ3) is 2.97. The van der Waals surface area contributed by atoms with Gasteiger partial charge in [-0.1, -0.05) is 35.9 Å². The molecule has 2 aromatic carbocycles. The molecule has 0 unspecified atom stereocenters. The van der Waals surface area contributed by atoms with Gasteiger partial charge in [-0.05, 0) is 29.3 Å². The van der Waals surface area contributed by atoms with E-state index in [2.05, 4.69) is 0 Å². The first kappa shape index (κ1) is 14.0. The average Bonchev–Trinajstić information content (AvgIpc) is 2.29. The Hall–Kier alpha value is -1.09. The zero-order valence-electron chi connectivity index (χ0n) is 8.99. The van der Waals surface area contributed by atoms with Gasteiger partial charge in [-0.2, -0.15) is 0 Å². The summed E-state index contributed by atoms with van der Waals surface area (Å²) in [6.07, 6.45) is 0. The minimum absolute atomic E-state index is 0. The largest absolute Gasteiger partial charge is 0.326 e. The Morgan fingerprint density at radius 1 is 1.06 bits per heavy atom. The highest BCUT2D eigenvalue weighted by atomic mass is 35.5. The minimum atomic E-state index is -0.285. The third-order valence-electron chi connectivity index (χ3n) is 2.46. The van der Waals surface area contributed by atoms with Crippen molar-refractivity contribution in [2.24, 2.45) is 5.73 Å². The van der Waals surface area contributed by atoms with Crippen molar-refractivity contribution in [1.29, 1.82) is 0 Å². The van der Waals surface area contributed by atoms with Crippen molar-refractivity contribution >= 4 is 24.0 Å². The molecule has 17 heavy (non-hydrogen) atoms. The highest BCUT2D eigenvalue weighted by Crippen LogP contribution is 2.30. The maximum atomic E-state index is 13.2. The van der Waals surface area contributed by atoms with Gasteiger partial charge in [0.05, 0.1) is 0 Å². The molecule has 0 spiro atoms. The van der Waals surface area contributed by atoms with Crippen molar-refractivity contribution in [3.8, 4) is 11.1 Å². The molecule has 1 nitrogen and oxygen atoms in total. The Morgan fingerprint density at radius 2 is 1.76 bits per heavy atom. The molecule has 0 saturated carbocycles. The molecule has 0 heterocycles. The smallest absolute Gasteiger partial charge is 0.123 e. The summed E-state index contributed by atoms with van der Waals surface area (Å²) in [4.78, 5) is 0. The second-order valence-corrected chi connectivity index (χ2v) is 3.89. The molecule has 0 fully saturated rings. The van der Waals surface area contributed by atoms with Crippen molar-refractivity contribution < 1.29 is 4.39 Å². The maximum absolute atomic E-state index is 13.2. The molecular weight excluding hydrogens is 260 g/mol. The van der Waals surface area contributed by atoms with Gasteiger partial charge in [0.1, 0.15) is 5.82 Å². The van der Waals surface area contributed by atoms with E-state index in [1.807, 2.05) is 18.2 Å². The number of nitrogens with two attached hydrogens (primary N) is 1. The van der Waals surface area contributed by atoms with Gasteiger partial charge in [0.2, 0.25) is 0 Å². The number of benzene rings is 2. The van der Waals surface area contributed by atoms with Crippen LogP contribution in [0.25, 0.3) is 11.1 Å². The van der Waals surface area contributed by atoms with Crippen LogP contribution in [0.1, 0.15) is 5.56 Å². The fraction of sp³-hybridized carbons (Fsp3) is 0.0769. The van der Waals surface area contributed by atoms with Crippen LogP contribution in [0.15, 0.2) is 42.5 Å². The van der Waals surface area contributed by atoms with Crippen molar-refractivity contribution in [3.63, 3.8) is 0 Å². The predicted molar refractivity (Wildman–Crippen MR) is 72.0 cm³/mol.